The average Bonchev–Trinajstić information content (AvgIpc) is 3.14. The monoisotopic (exact) mass is 445 g/mol. The van der Waals surface area contributed by atoms with Gasteiger partial charge in [-0.1, -0.05) is 29.8 Å². The molecule has 0 atom stereocenters. The number of alkyl halides is 3. The summed E-state index contributed by atoms with van der Waals surface area (Å²) in [5.74, 6) is 0.206. The third-order valence-electron chi connectivity index (χ3n) is 4.86. The molecule has 3 heterocycles. The van der Waals surface area contributed by atoms with Crippen LogP contribution in [-0.2, 0) is 19.3 Å². The summed E-state index contributed by atoms with van der Waals surface area (Å²) in [7, 11) is 0. The number of halogens is 4. The topological polar surface area (TPSA) is 50.8 Å². The summed E-state index contributed by atoms with van der Waals surface area (Å²) in [6.45, 7) is -1.29. The molecule has 0 saturated heterocycles. The van der Waals surface area contributed by atoms with E-state index in [1.54, 1.807) is 30.5 Å². The Bertz CT molecular complexity index is 1160. The molecule has 4 rings (SSSR count). The van der Waals surface area contributed by atoms with Gasteiger partial charge in [0, 0.05) is 36.1 Å². The van der Waals surface area contributed by atoms with Gasteiger partial charge in [0.2, 0.25) is 0 Å². The van der Waals surface area contributed by atoms with Crippen LogP contribution < -0.4 is 4.74 Å². The molecule has 160 valence electrons. The van der Waals surface area contributed by atoms with Gasteiger partial charge in [-0.3, -0.25) is 4.98 Å². The van der Waals surface area contributed by atoms with Crippen molar-refractivity contribution in [1.82, 2.24) is 15.0 Å². The van der Waals surface area contributed by atoms with Gasteiger partial charge in [-0.2, -0.15) is 13.2 Å². The van der Waals surface area contributed by atoms with Gasteiger partial charge in [-0.15, -0.1) is 0 Å². The van der Waals surface area contributed by atoms with Crippen molar-refractivity contribution in [2.75, 3.05) is 6.61 Å². The largest absolute Gasteiger partial charge is 0.484 e. The van der Waals surface area contributed by atoms with E-state index in [1.165, 1.54) is 0 Å². The van der Waals surface area contributed by atoms with E-state index in [4.69, 9.17) is 16.3 Å². The highest BCUT2D eigenvalue weighted by Gasteiger charge is 2.28. The number of aromatic nitrogens is 3. The van der Waals surface area contributed by atoms with E-state index in [1.807, 2.05) is 30.6 Å². The molecular weight excluding hydrogens is 427 g/mol. The molecule has 0 saturated carbocycles. The van der Waals surface area contributed by atoms with E-state index in [2.05, 4.69) is 15.0 Å². The summed E-state index contributed by atoms with van der Waals surface area (Å²) < 4.78 is 41.3. The first kappa shape index (κ1) is 21.2. The summed E-state index contributed by atoms with van der Waals surface area (Å²) in [6.07, 6.45) is 3.26. The van der Waals surface area contributed by atoms with Crippen LogP contribution in [0.5, 0.6) is 5.75 Å². The number of benzene rings is 1. The normalized spacial score (nSPS) is 11.7. The van der Waals surface area contributed by atoms with Crippen molar-refractivity contribution in [2.45, 2.75) is 25.4 Å². The SMILES string of the molecule is FC(F)(F)COc1ccc(CCc2ccc(Cc3c[nH]c4ncc(Cl)cc34)cn2)cc1. The maximum Gasteiger partial charge on any atom is 0.422 e. The van der Waals surface area contributed by atoms with Crippen molar-refractivity contribution in [3.63, 3.8) is 0 Å². The molecule has 4 nitrogen and oxygen atoms in total. The van der Waals surface area contributed by atoms with Gasteiger partial charge in [0.1, 0.15) is 11.4 Å². The van der Waals surface area contributed by atoms with E-state index < -0.39 is 12.8 Å². The number of pyridine rings is 2. The Hall–Kier alpha value is -3.06. The summed E-state index contributed by atoms with van der Waals surface area (Å²) in [4.78, 5) is 12.0. The van der Waals surface area contributed by atoms with Crippen molar-refractivity contribution < 1.29 is 17.9 Å². The van der Waals surface area contributed by atoms with Crippen LogP contribution in [0.25, 0.3) is 11.0 Å². The lowest BCUT2D eigenvalue weighted by atomic mass is 10.0. The molecule has 0 radical (unpaired) electrons. The van der Waals surface area contributed by atoms with Gasteiger partial charge in [-0.05, 0) is 53.8 Å². The number of nitrogens with one attached hydrogen (secondary N) is 1. The van der Waals surface area contributed by atoms with Gasteiger partial charge in [0.05, 0.1) is 5.02 Å². The molecule has 1 N–H and O–H groups in total. The molecule has 1 aromatic carbocycles. The second-order valence-corrected chi connectivity index (χ2v) is 7.68. The number of rotatable bonds is 7. The molecule has 0 unspecified atom stereocenters. The van der Waals surface area contributed by atoms with Crippen molar-refractivity contribution in [3.05, 3.63) is 88.5 Å². The van der Waals surface area contributed by atoms with Crippen LogP contribution in [0.3, 0.4) is 0 Å². The maximum absolute atomic E-state index is 12.2. The van der Waals surface area contributed by atoms with Gasteiger partial charge in [0.15, 0.2) is 6.61 Å². The number of aromatic amines is 1. The van der Waals surface area contributed by atoms with Crippen LogP contribution >= 0.6 is 11.6 Å². The number of aryl methyl sites for hydroxylation is 2. The van der Waals surface area contributed by atoms with Gasteiger partial charge >= 0.3 is 6.18 Å². The van der Waals surface area contributed by atoms with Gasteiger partial charge < -0.3 is 9.72 Å². The van der Waals surface area contributed by atoms with Gasteiger partial charge in [-0.25, -0.2) is 4.98 Å². The highest BCUT2D eigenvalue weighted by atomic mass is 35.5. The summed E-state index contributed by atoms with van der Waals surface area (Å²) in [5.41, 5.74) is 4.94. The standard InChI is InChI=1S/C23H19ClF3N3O/c24-18-10-21-17(12-29-22(21)30-13-18)9-16-2-6-19(28-11-16)5-1-15-3-7-20(8-4-15)31-14-23(25,26)27/h2-4,6-8,10-13H,1,5,9,14H2,(H,29,30). The molecule has 0 aliphatic carbocycles. The number of fused-ring (bicyclic) bond motifs is 1. The van der Waals surface area contributed by atoms with E-state index in [0.717, 1.165) is 46.3 Å². The molecule has 0 amide bonds. The van der Waals surface area contributed by atoms with E-state index in [0.29, 0.717) is 11.4 Å². The summed E-state index contributed by atoms with van der Waals surface area (Å²) in [5, 5.41) is 1.60. The minimum atomic E-state index is -4.34. The van der Waals surface area contributed by atoms with Crippen LogP contribution in [0.15, 0.2) is 61.1 Å². The molecule has 31 heavy (non-hydrogen) atoms. The molecule has 0 aliphatic rings. The number of hydrogen-bond donors (Lipinski definition) is 1. The van der Waals surface area contributed by atoms with Crippen molar-refractivity contribution in [1.29, 1.82) is 0 Å². The predicted octanol–water partition coefficient (Wildman–Crippen LogP) is 5.93. The lowest BCUT2D eigenvalue weighted by molar-refractivity contribution is -0.153. The second kappa shape index (κ2) is 8.98. The minimum Gasteiger partial charge on any atom is -0.484 e. The predicted molar refractivity (Wildman–Crippen MR) is 114 cm³/mol. The zero-order chi connectivity index (χ0) is 21.8. The van der Waals surface area contributed by atoms with E-state index in [9.17, 15) is 13.2 Å². The minimum absolute atomic E-state index is 0.206. The second-order valence-electron chi connectivity index (χ2n) is 7.25. The van der Waals surface area contributed by atoms with E-state index in [-0.39, 0.29) is 5.75 Å². The molecule has 0 spiro atoms. The highest BCUT2D eigenvalue weighted by Crippen LogP contribution is 2.23. The van der Waals surface area contributed by atoms with Crippen LogP contribution in [0, 0.1) is 0 Å². The lowest BCUT2D eigenvalue weighted by Crippen LogP contribution is -2.19. The first-order valence-electron chi connectivity index (χ1n) is 9.69. The molecule has 3 aromatic heterocycles. The first-order valence-corrected chi connectivity index (χ1v) is 10.1. The third kappa shape index (κ3) is 5.76. The van der Waals surface area contributed by atoms with Gasteiger partial charge in [0.25, 0.3) is 0 Å². The Labute approximate surface area is 182 Å². The Kier molecular flexibility index (Phi) is 6.13. The average molecular weight is 446 g/mol. The Morgan fingerprint density at radius 3 is 2.42 bits per heavy atom. The maximum atomic E-state index is 12.2. The van der Waals surface area contributed by atoms with Crippen LogP contribution in [0.1, 0.15) is 22.4 Å². The summed E-state index contributed by atoms with van der Waals surface area (Å²) in [6, 6.07) is 12.6. The number of H-pyrrole nitrogens is 1. The Morgan fingerprint density at radius 1 is 0.935 bits per heavy atom. The smallest absolute Gasteiger partial charge is 0.422 e. The van der Waals surface area contributed by atoms with Crippen LogP contribution in [0.2, 0.25) is 5.02 Å². The van der Waals surface area contributed by atoms with Crippen molar-refractivity contribution >= 4 is 22.6 Å². The molecule has 4 aromatic rings. The lowest BCUT2D eigenvalue weighted by Gasteiger charge is -2.09. The van der Waals surface area contributed by atoms with Crippen LogP contribution in [0.4, 0.5) is 13.2 Å². The molecule has 0 aliphatic heterocycles. The van der Waals surface area contributed by atoms with Crippen LogP contribution in [-0.4, -0.2) is 27.7 Å². The summed E-state index contributed by atoms with van der Waals surface area (Å²) >= 11 is 6.06. The Balaban J connectivity index is 1.33. The van der Waals surface area contributed by atoms with Crippen molar-refractivity contribution in [2.24, 2.45) is 0 Å². The number of ether oxygens (including phenoxy) is 1. The highest BCUT2D eigenvalue weighted by molar-refractivity contribution is 6.31. The van der Waals surface area contributed by atoms with Crippen molar-refractivity contribution in [3.8, 4) is 5.75 Å². The molecule has 0 bridgehead atoms. The fourth-order valence-electron chi connectivity index (χ4n) is 3.30. The Morgan fingerprint density at radius 2 is 1.71 bits per heavy atom. The quantitative estimate of drug-likeness (QED) is 0.383. The molecule has 8 heteroatoms. The fraction of sp³-hybridized carbons (Fsp3) is 0.217. The number of nitrogens with zero attached hydrogens (tertiary/aromatic N) is 2. The number of hydrogen-bond acceptors (Lipinski definition) is 3. The zero-order valence-electron chi connectivity index (χ0n) is 16.4. The van der Waals surface area contributed by atoms with E-state index >= 15 is 0 Å². The fourth-order valence-corrected chi connectivity index (χ4v) is 3.45. The first-order chi connectivity index (χ1) is 14.9. The molecular formula is C23H19ClF3N3O. The molecule has 0 fully saturated rings. The zero-order valence-corrected chi connectivity index (χ0v) is 17.2. The third-order valence-corrected chi connectivity index (χ3v) is 5.07.